The van der Waals surface area contributed by atoms with Crippen LogP contribution in [0.3, 0.4) is 0 Å². The summed E-state index contributed by atoms with van der Waals surface area (Å²) in [5.74, 6) is -0.869. The van der Waals surface area contributed by atoms with E-state index in [0.717, 1.165) is 11.6 Å². The van der Waals surface area contributed by atoms with Gasteiger partial charge in [-0.25, -0.2) is 14.2 Å². The molecule has 2 aromatic rings. The van der Waals surface area contributed by atoms with Gasteiger partial charge in [0.05, 0.1) is 5.69 Å². The fourth-order valence-electron chi connectivity index (χ4n) is 1.82. The second-order valence-corrected chi connectivity index (χ2v) is 5.26. The van der Waals surface area contributed by atoms with E-state index in [1.54, 1.807) is 31.2 Å². The van der Waals surface area contributed by atoms with Gasteiger partial charge >= 0.3 is 6.18 Å². The number of aryl methyl sites for hydroxylation is 1. The topological polar surface area (TPSA) is 63.1 Å². The summed E-state index contributed by atoms with van der Waals surface area (Å²) in [7, 11) is 0. The van der Waals surface area contributed by atoms with E-state index in [4.69, 9.17) is 4.55 Å². The average Bonchev–Trinajstić information content (AvgIpc) is 2.37. The van der Waals surface area contributed by atoms with Gasteiger partial charge < -0.3 is 4.55 Å². The Kier molecular flexibility index (Phi) is 4.38. The van der Waals surface area contributed by atoms with E-state index in [0.29, 0.717) is 5.56 Å². The van der Waals surface area contributed by atoms with Gasteiger partial charge in [0, 0.05) is 5.56 Å². The monoisotopic (exact) mass is 316 g/mol. The lowest BCUT2D eigenvalue weighted by Gasteiger charge is -2.11. The van der Waals surface area contributed by atoms with Gasteiger partial charge in [0.1, 0.15) is 17.3 Å². The van der Waals surface area contributed by atoms with Crippen molar-refractivity contribution in [3.63, 3.8) is 0 Å². The maximum atomic E-state index is 12.9. The zero-order valence-electron chi connectivity index (χ0n) is 10.9. The first-order valence-electron chi connectivity index (χ1n) is 5.86. The Morgan fingerprint density at radius 3 is 2.48 bits per heavy atom. The van der Waals surface area contributed by atoms with Crippen molar-refractivity contribution >= 4 is 11.1 Å². The van der Waals surface area contributed by atoms with Crippen LogP contribution in [0.5, 0.6) is 0 Å². The van der Waals surface area contributed by atoms with Crippen LogP contribution in [0.1, 0.15) is 17.1 Å². The fourth-order valence-corrected chi connectivity index (χ4v) is 2.17. The maximum Gasteiger partial charge on any atom is 0.433 e. The van der Waals surface area contributed by atoms with Gasteiger partial charge in [0.2, 0.25) is 0 Å². The van der Waals surface area contributed by atoms with Crippen LogP contribution < -0.4 is 0 Å². The van der Waals surface area contributed by atoms with E-state index in [-0.39, 0.29) is 11.5 Å². The van der Waals surface area contributed by atoms with Crippen molar-refractivity contribution in [1.29, 1.82) is 0 Å². The van der Waals surface area contributed by atoms with E-state index >= 15 is 0 Å². The van der Waals surface area contributed by atoms with Crippen LogP contribution in [-0.4, -0.2) is 18.7 Å². The molecule has 0 spiro atoms. The second kappa shape index (κ2) is 5.90. The zero-order valence-corrected chi connectivity index (χ0v) is 11.7. The van der Waals surface area contributed by atoms with Gasteiger partial charge in [-0.05, 0) is 18.6 Å². The molecule has 1 heterocycles. The van der Waals surface area contributed by atoms with Crippen molar-refractivity contribution in [3.8, 4) is 11.3 Å². The first-order valence-corrected chi connectivity index (χ1v) is 7.13. The van der Waals surface area contributed by atoms with Crippen LogP contribution in [0.15, 0.2) is 30.3 Å². The molecule has 4 nitrogen and oxygen atoms in total. The van der Waals surface area contributed by atoms with Crippen LogP contribution in [0, 0.1) is 6.92 Å². The zero-order chi connectivity index (χ0) is 15.6. The number of benzene rings is 1. The number of alkyl halides is 3. The molecule has 0 fully saturated rings. The molecule has 1 atom stereocenters. The van der Waals surface area contributed by atoms with Crippen molar-refractivity contribution in [2.24, 2.45) is 0 Å². The third kappa shape index (κ3) is 3.85. The molecule has 0 saturated heterocycles. The SMILES string of the molecule is Cc1ccccc1-c1cc(C(F)(F)F)nc(CS(=O)O)n1. The van der Waals surface area contributed by atoms with Crippen LogP contribution >= 0.6 is 0 Å². The Bertz CT molecular complexity index is 689. The minimum absolute atomic E-state index is 0.0795. The highest BCUT2D eigenvalue weighted by atomic mass is 32.2. The Morgan fingerprint density at radius 2 is 1.90 bits per heavy atom. The number of rotatable bonds is 3. The number of hydrogen-bond acceptors (Lipinski definition) is 3. The predicted molar refractivity (Wildman–Crippen MR) is 71.7 cm³/mol. The molecule has 2 rings (SSSR count). The highest BCUT2D eigenvalue weighted by molar-refractivity contribution is 7.78. The summed E-state index contributed by atoms with van der Waals surface area (Å²) in [5.41, 5.74) is 0.225. The Labute approximate surface area is 121 Å². The minimum atomic E-state index is -4.65. The quantitative estimate of drug-likeness (QED) is 0.883. The normalized spacial score (nSPS) is 13.2. The molecule has 21 heavy (non-hydrogen) atoms. The molecule has 0 radical (unpaired) electrons. The van der Waals surface area contributed by atoms with Crippen molar-refractivity contribution in [2.75, 3.05) is 0 Å². The van der Waals surface area contributed by atoms with Crippen LogP contribution in [0.2, 0.25) is 0 Å². The molecule has 1 unspecified atom stereocenters. The molecular weight excluding hydrogens is 305 g/mol. The molecule has 1 aromatic heterocycles. The molecule has 0 amide bonds. The fraction of sp³-hybridized carbons (Fsp3) is 0.231. The molecule has 1 N–H and O–H groups in total. The molecule has 0 saturated carbocycles. The van der Waals surface area contributed by atoms with Crippen molar-refractivity contribution in [2.45, 2.75) is 18.9 Å². The highest BCUT2D eigenvalue weighted by Crippen LogP contribution is 2.31. The number of halogens is 3. The van der Waals surface area contributed by atoms with Gasteiger partial charge in [0.25, 0.3) is 0 Å². The van der Waals surface area contributed by atoms with Crippen molar-refractivity contribution in [3.05, 3.63) is 47.4 Å². The molecular formula is C13H11F3N2O2S. The largest absolute Gasteiger partial charge is 0.433 e. The summed E-state index contributed by atoms with van der Waals surface area (Å²) < 4.78 is 58.2. The maximum absolute atomic E-state index is 12.9. The second-order valence-electron chi connectivity index (χ2n) is 4.33. The van der Waals surface area contributed by atoms with Gasteiger partial charge in [-0.15, -0.1) is 0 Å². The molecule has 0 aliphatic heterocycles. The first kappa shape index (κ1) is 15.6. The molecule has 0 aliphatic rings. The van der Waals surface area contributed by atoms with E-state index in [9.17, 15) is 17.4 Å². The first-order chi connectivity index (χ1) is 9.77. The highest BCUT2D eigenvalue weighted by Gasteiger charge is 2.34. The molecule has 112 valence electrons. The lowest BCUT2D eigenvalue weighted by Crippen LogP contribution is -2.12. The van der Waals surface area contributed by atoms with Crippen molar-refractivity contribution in [1.82, 2.24) is 9.97 Å². The Hall–Kier alpha value is -1.80. The van der Waals surface area contributed by atoms with Gasteiger partial charge in [-0.2, -0.15) is 13.2 Å². The summed E-state index contributed by atoms with van der Waals surface area (Å²) in [6, 6.07) is 7.66. The van der Waals surface area contributed by atoms with Crippen molar-refractivity contribution < 1.29 is 21.9 Å². The van der Waals surface area contributed by atoms with Gasteiger partial charge in [-0.1, -0.05) is 24.3 Å². The standard InChI is InChI=1S/C13H11F3N2O2S/c1-8-4-2-3-5-9(8)10-6-11(13(14,15)16)18-12(17-10)7-21(19)20/h2-6H,7H2,1H3,(H,19,20). The van der Waals surface area contributed by atoms with E-state index in [1.807, 2.05) is 0 Å². The van der Waals surface area contributed by atoms with Crippen LogP contribution in [0.4, 0.5) is 13.2 Å². The Morgan fingerprint density at radius 1 is 1.24 bits per heavy atom. The third-order valence-electron chi connectivity index (χ3n) is 2.74. The Balaban J connectivity index is 2.60. The summed E-state index contributed by atoms with van der Waals surface area (Å²) in [6.07, 6.45) is -4.65. The lowest BCUT2D eigenvalue weighted by atomic mass is 10.1. The van der Waals surface area contributed by atoms with Crippen LogP contribution in [-0.2, 0) is 23.0 Å². The van der Waals surface area contributed by atoms with E-state index < -0.39 is 28.7 Å². The van der Waals surface area contributed by atoms with Gasteiger partial charge in [-0.3, -0.25) is 0 Å². The molecule has 0 bridgehead atoms. The predicted octanol–water partition coefficient (Wildman–Crippen LogP) is 3.19. The number of nitrogens with zero attached hydrogens (tertiary/aromatic N) is 2. The average molecular weight is 316 g/mol. The summed E-state index contributed by atoms with van der Waals surface area (Å²) in [5, 5.41) is 0. The summed E-state index contributed by atoms with van der Waals surface area (Å²) in [4.78, 5) is 7.26. The third-order valence-corrected chi connectivity index (χ3v) is 3.24. The minimum Gasteiger partial charge on any atom is -0.306 e. The summed E-state index contributed by atoms with van der Waals surface area (Å²) in [6.45, 7) is 1.74. The molecule has 1 aromatic carbocycles. The molecule has 8 heteroatoms. The smallest absolute Gasteiger partial charge is 0.306 e. The number of hydrogen-bond donors (Lipinski definition) is 1. The lowest BCUT2D eigenvalue weighted by molar-refractivity contribution is -0.141. The van der Waals surface area contributed by atoms with Crippen LogP contribution in [0.25, 0.3) is 11.3 Å². The molecule has 0 aliphatic carbocycles. The summed E-state index contributed by atoms with van der Waals surface area (Å²) >= 11 is -2.31. The van der Waals surface area contributed by atoms with E-state index in [2.05, 4.69) is 9.97 Å². The number of aromatic nitrogens is 2. The van der Waals surface area contributed by atoms with Gasteiger partial charge in [0.15, 0.2) is 11.1 Å². The van der Waals surface area contributed by atoms with E-state index in [1.165, 1.54) is 0 Å².